The van der Waals surface area contributed by atoms with Crippen molar-refractivity contribution in [1.29, 1.82) is 0 Å². The molecule has 1 heterocycles. The molecule has 0 aliphatic rings. The van der Waals surface area contributed by atoms with E-state index in [1.807, 2.05) is 115 Å². The van der Waals surface area contributed by atoms with E-state index in [1.54, 1.807) is 4.68 Å². The van der Waals surface area contributed by atoms with Gasteiger partial charge in [0.15, 0.2) is 5.78 Å². The lowest BCUT2D eigenvalue weighted by atomic mass is 9.92. The first-order valence-corrected chi connectivity index (χ1v) is 10.1. The molecule has 148 valence electrons. The molecule has 1 aromatic heterocycles. The summed E-state index contributed by atoms with van der Waals surface area (Å²) in [5, 5.41) is 8.79. The number of fused-ring (bicyclic) bond motifs is 1. The molecule has 0 aliphatic heterocycles. The molecule has 4 heteroatoms. The number of carbonyl (C=O) groups is 1. The van der Waals surface area contributed by atoms with E-state index in [0.717, 1.165) is 22.2 Å². The van der Waals surface area contributed by atoms with Gasteiger partial charge in [-0.25, -0.2) is 4.68 Å². The van der Waals surface area contributed by atoms with Crippen LogP contribution in [0, 0.1) is 0 Å². The molecule has 0 radical (unpaired) electrons. The summed E-state index contributed by atoms with van der Waals surface area (Å²) in [5.41, 5.74) is 5.24. The average Bonchev–Trinajstić information content (AvgIpc) is 3.27. The second-order valence-corrected chi connectivity index (χ2v) is 7.14. The molecule has 4 nitrogen and oxygen atoms in total. The van der Waals surface area contributed by atoms with Crippen LogP contribution in [0.2, 0.25) is 0 Å². The maximum atomic E-state index is 13.9. The zero-order valence-electron chi connectivity index (χ0n) is 16.7. The molecule has 4 aromatic carbocycles. The van der Waals surface area contributed by atoms with E-state index < -0.39 is 0 Å². The molecule has 5 aromatic rings. The summed E-state index contributed by atoms with van der Waals surface area (Å²) in [6.45, 7) is 0. The van der Waals surface area contributed by atoms with Gasteiger partial charge in [-0.2, -0.15) is 0 Å². The normalized spacial score (nSPS) is 11.9. The summed E-state index contributed by atoms with van der Waals surface area (Å²) in [5.74, 6) is -0.0646. The number of carbonyl (C=O) groups excluding carboxylic acids is 1. The first-order chi connectivity index (χ1) is 15.3. The Morgan fingerprint density at radius 3 is 1.74 bits per heavy atom. The quantitative estimate of drug-likeness (QED) is 0.215. The lowest BCUT2D eigenvalue weighted by Crippen LogP contribution is -2.11. The number of para-hydroxylation sites is 1. The lowest BCUT2D eigenvalue weighted by Gasteiger charge is -2.16. The molecule has 0 N–H and O–H groups in total. The van der Waals surface area contributed by atoms with Gasteiger partial charge in [0.2, 0.25) is 0 Å². The van der Waals surface area contributed by atoms with E-state index >= 15 is 0 Å². The van der Waals surface area contributed by atoms with Crippen LogP contribution >= 0.6 is 0 Å². The smallest absolute Gasteiger partial charge is 0.195 e. The minimum absolute atomic E-state index is 0.0646. The van der Waals surface area contributed by atoms with Gasteiger partial charge in [0.25, 0.3) is 0 Å². The van der Waals surface area contributed by atoms with Gasteiger partial charge in [-0.3, -0.25) is 4.79 Å². The van der Waals surface area contributed by atoms with Crippen LogP contribution < -0.4 is 0 Å². The fourth-order valence-corrected chi connectivity index (χ4v) is 3.72. The Bertz CT molecular complexity index is 1370. The zero-order valence-corrected chi connectivity index (χ0v) is 16.7. The number of rotatable bonds is 5. The summed E-state index contributed by atoms with van der Waals surface area (Å²) in [4.78, 5) is 13.9. The van der Waals surface area contributed by atoms with Crippen LogP contribution in [0.15, 0.2) is 115 Å². The van der Waals surface area contributed by atoms with Crippen LogP contribution in [-0.4, -0.2) is 20.8 Å². The van der Waals surface area contributed by atoms with E-state index in [-0.39, 0.29) is 5.78 Å². The van der Waals surface area contributed by atoms with Crippen molar-refractivity contribution in [1.82, 2.24) is 15.0 Å². The number of aromatic nitrogens is 3. The average molecular weight is 401 g/mol. The molecule has 5 rings (SSSR count). The molecule has 0 bridgehead atoms. The number of Topliss-reactive ketones (excluding diaryl/α,β-unsaturated/α-hetero) is 1. The Labute approximate surface area is 180 Å². The Morgan fingerprint density at radius 1 is 0.581 bits per heavy atom. The second kappa shape index (κ2) is 8.20. The monoisotopic (exact) mass is 401 g/mol. The molecule has 0 amide bonds. The predicted octanol–water partition coefficient (Wildman–Crippen LogP) is 5.73. The summed E-state index contributed by atoms with van der Waals surface area (Å²) in [7, 11) is 0. The van der Waals surface area contributed by atoms with Crippen molar-refractivity contribution in [3.05, 3.63) is 132 Å². The molecule has 0 atom stereocenters. The molecule has 31 heavy (non-hydrogen) atoms. The standard InChI is InChI=1S/C27H19N3O/c31-27(22-16-8-3-9-17-22)25(20-12-4-1-5-13-20)26(21-14-6-2-7-15-21)30-24-19-11-10-18-23(24)28-29-30/h1-19H/b26-25+. The van der Waals surface area contributed by atoms with Gasteiger partial charge in [0.05, 0.1) is 16.8 Å². The van der Waals surface area contributed by atoms with Crippen LogP contribution in [0.4, 0.5) is 0 Å². The highest BCUT2D eigenvalue weighted by Gasteiger charge is 2.23. The van der Waals surface area contributed by atoms with Gasteiger partial charge in [0, 0.05) is 11.1 Å². The van der Waals surface area contributed by atoms with E-state index in [1.165, 1.54) is 0 Å². The molecule has 0 unspecified atom stereocenters. The molecular formula is C27H19N3O. The van der Waals surface area contributed by atoms with Crippen molar-refractivity contribution in [2.75, 3.05) is 0 Å². The first-order valence-electron chi connectivity index (χ1n) is 10.1. The first kappa shape index (κ1) is 18.7. The minimum Gasteiger partial charge on any atom is -0.289 e. The van der Waals surface area contributed by atoms with Crippen molar-refractivity contribution in [2.24, 2.45) is 0 Å². The minimum atomic E-state index is -0.0646. The Morgan fingerprint density at radius 2 is 1.10 bits per heavy atom. The van der Waals surface area contributed by atoms with Crippen LogP contribution in [0.5, 0.6) is 0 Å². The van der Waals surface area contributed by atoms with Gasteiger partial charge in [0.1, 0.15) is 5.52 Å². The summed E-state index contributed by atoms with van der Waals surface area (Å²) < 4.78 is 1.77. The van der Waals surface area contributed by atoms with E-state index in [0.29, 0.717) is 16.8 Å². The third kappa shape index (κ3) is 3.55. The molecule has 0 fully saturated rings. The Kier molecular flexibility index (Phi) is 4.95. The Balaban J connectivity index is 1.88. The number of nitrogens with zero attached hydrogens (tertiary/aromatic N) is 3. The summed E-state index contributed by atoms with van der Waals surface area (Å²) in [6.07, 6.45) is 0. The van der Waals surface area contributed by atoms with Gasteiger partial charge in [-0.1, -0.05) is 108 Å². The van der Waals surface area contributed by atoms with Crippen molar-refractivity contribution in [3.8, 4) is 0 Å². The van der Waals surface area contributed by atoms with Crippen LogP contribution in [0.25, 0.3) is 22.3 Å². The molecule has 0 aliphatic carbocycles. The molecule has 0 saturated heterocycles. The molecular weight excluding hydrogens is 382 g/mol. The summed E-state index contributed by atoms with van der Waals surface area (Å²) in [6, 6.07) is 36.7. The highest BCUT2D eigenvalue weighted by atomic mass is 16.1. The highest BCUT2D eigenvalue weighted by molar-refractivity contribution is 6.34. The van der Waals surface area contributed by atoms with Crippen LogP contribution in [0.1, 0.15) is 21.5 Å². The lowest BCUT2D eigenvalue weighted by molar-refractivity contribution is 0.105. The third-order valence-corrected chi connectivity index (χ3v) is 5.17. The zero-order chi connectivity index (χ0) is 21.0. The second-order valence-electron chi connectivity index (χ2n) is 7.14. The number of allylic oxidation sites excluding steroid dienone is 1. The fraction of sp³-hybridized carbons (Fsp3) is 0. The fourth-order valence-electron chi connectivity index (χ4n) is 3.72. The van der Waals surface area contributed by atoms with Gasteiger partial charge in [-0.15, -0.1) is 5.10 Å². The number of ketones is 1. The topological polar surface area (TPSA) is 47.8 Å². The van der Waals surface area contributed by atoms with Gasteiger partial charge >= 0.3 is 0 Å². The molecule has 0 spiro atoms. The third-order valence-electron chi connectivity index (χ3n) is 5.17. The van der Waals surface area contributed by atoms with E-state index in [9.17, 15) is 4.79 Å². The highest BCUT2D eigenvalue weighted by Crippen LogP contribution is 2.32. The van der Waals surface area contributed by atoms with Crippen LogP contribution in [-0.2, 0) is 0 Å². The SMILES string of the molecule is O=C(/C(=C(\c1ccccc1)n1nnc2ccccc21)c1ccccc1)c1ccccc1. The number of hydrogen-bond acceptors (Lipinski definition) is 3. The maximum absolute atomic E-state index is 13.9. The predicted molar refractivity (Wildman–Crippen MR) is 123 cm³/mol. The largest absolute Gasteiger partial charge is 0.289 e. The number of hydrogen-bond donors (Lipinski definition) is 0. The van der Waals surface area contributed by atoms with E-state index in [2.05, 4.69) is 10.3 Å². The summed E-state index contributed by atoms with van der Waals surface area (Å²) >= 11 is 0. The van der Waals surface area contributed by atoms with Crippen molar-refractivity contribution in [3.63, 3.8) is 0 Å². The maximum Gasteiger partial charge on any atom is 0.195 e. The number of benzene rings is 4. The van der Waals surface area contributed by atoms with Crippen molar-refractivity contribution < 1.29 is 4.79 Å². The van der Waals surface area contributed by atoms with Gasteiger partial charge in [-0.05, 0) is 17.7 Å². The molecule has 0 saturated carbocycles. The van der Waals surface area contributed by atoms with Crippen LogP contribution in [0.3, 0.4) is 0 Å². The van der Waals surface area contributed by atoms with Crippen molar-refractivity contribution >= 4 is 28.1 Å². The Hall–Kier alpha value is -4.31. The van der Waals surface area contributed by atoms with E-state index in [4.69, 9.17) is 0 Å². The van der Waals surface area contributed by atoms with Gasteiger partial charge < -0.3 is 0 Å². The van der Waals surface area contributed by atoms with Crippen molar-refractivity contribution in [2.45, 2.75) is 0 Å².